The van der Waals surface area contributed by atoms with Crippen LogP contribution < -0.4 is 0 Å². The van der Waals surface area contributed by atoms with Crippen LogP contribution in [0.25, 0.3) is 10.9 Å². The molecule has 0 fully saturated rings. The number of benzene rings is 3. The van der Waals surface area contributed by atoms with Gasteiger partial charge in [0.05, 0.1) is 10.6 Å². The third-order valence-corrected chi connectivity index (χ3v) is 7.53. The van der Waals surface area contributed by atoms with Gasteiger partial charge in [0.1, 0.15) is 6.54 Å². The van der Waals surface area contributed by atoms with Crippen LogP contribution in [0.4, 0.5) is 0 Å². The number of likely N-dealkylation sites (N-methyl/N-ethyl adjacent to an activating group) is 1. The van der Waals surface area contributed by atoms with Crippen LogP contribution in [0, 0.1) is 6.92 Å². The first-order chi connectivity index (χ1) is 15.9. The molecule has 1 aromatic heterocycles. The average Bonchev–Trinajstić information content (AvgIpc) is 3.19. The zero-order valence-corrected chi connectivity index (χ0v) is 19.8. The first kappa shape index (κ1) is 22.8. The minimum atomic E-state index is -3.59. The smallest absolute Gasteiger partial charge is 0.242 e. The summed E-state index contributed by atoms with van der Waals surface area (Å²) in [6, 6.07) is 24.7. The molecular weight excluding hydrogens is 432 g/mol. The van der Waals surface area contributed by atoms with Crippen LogP contribution >= 0.6 is 0 Å². The Morgan fingerprint density at radius 3 is 2.24 bits per heavy atom. The van der Waals surface area contributed by atoms with E-state index in [0.717, 1.165) is 22.2 Å². The third kappa shape index (κ3) is 5.17. The summed E-state index contributed by atoms with van der Waals surface area (Å²) in [6.07, 6.45) is 1.61. The van der Waals surface area contributed by atoms with Gasteiger partial charge in [0.25, 0.3) is 0 Å². The van der Waals surface area contributed by atoms with Crippen molar-refractivity contribution in [2.45, 2.75) is 37.6 Å². The lowest BCUT2D eigenvalue weighted by Crippen LogP contribution is -2.33. The van der Waals surface area contributed by atoms with Crippen molar-refractivity contribution < 1.29 is 13.2 Å². The maximum absolute atomic E-state index is 13.3. The predicted molar refractivity (Wildman–Crippen MR) is 132 cm³/mol. The highest BCUT2D eigenvalue weighted by atomic mass is 32.2. The number of hydrogen-bond acceptors (Lipinski definition) is 3. The predicted octanol–water partition coefficient (Wildman–Crippen LogP) is 4.97. The van der Waals surface area contributed by atoms with E-state index in [1.54, 1.807) is 21.7 Å². The van der Waals surface area contributed by atoms with Crippen molar-refractivity contribution >= 4 is 26.6 Å². The number of amides is 1. The Balaban J connectivity index is 1.62. The number of aryl methyl sites for hydroxylation is 1. The lowest BCUT2D eigenvalue weighted by molar-refractivity contribution is -0.132. The maximum Gasteiger partial charge on any atom is 0.242 e. The molecule has 0 atom stereocenters. The molecule has 0 aliphatic rings. The summed E-state index contributed by atoms with van der Waals surface area (Å²) in [5.74, 6) is -0.130. The molecule has 0 radical (unpaired) electrons. The minimum absolute atomic E-state index is 0.0513. The van der Waals surface area contributed by atoms with Gasteiger partial charge in [-0.1, -0.05) is 78.4 Å². The molecule has 0 aliphatic heterocycles. The van der Waals surface area contributed by atoms with Gasteiger partial charge in [-0.05, 0) is 31.0 Å². The van der Waals surface area contributed by atoms with Gasteiger partial charge in [-0.2, -0.15) is 0 Å². The summed E-state index contributed by atoms with van der Waals surface area (Å²) in [5, 5.41) is 0.642. The second-order valence-electron chi connectivity index (χ2n) is 8.28. The Morgan fingerprint density at radius 1 is 0.879 bits per heavy atom. The lowest BCUT2D eigenvalue weighted by atomic mass is 10.2. The number of hydrogen-bond donors (Lipinski definition) is 0. The Morgan fingerprint density at radius 2 is 1.55 bits per heavy atom. The first-order valence-corrected chi connectivity index (χ1v) is 12.7. The first-order valence-electron chi connectivity index (χ1n) is 11.1. The molecule has 4 rings (SSSR count). The van der Waals surface area contributed by atoms with E-state index in [1.807, 2.05) is 86.6 Å². The van der Waals surface area contributed by atoms with E-state index in [1.165, 1.54) is 0 Å². The van der Waals surface area contributed by atoms with Crippen LogP contribution in [0.15, 0.2) is 90.0 Å². The van der Waals surface area contributed by atoms with Gasteiger partial charge in [0, 0.05) is 30.2 Å². The van der Waals surface area contributed by atoms with Crippen LogP contribution in [-0.4, -0.2) is 30.3 Å². The highest BCUT2D eigenvalue weighted by Crippen LogP contribution is 2.28. The average molecular weight is 461 g/mol. The number of rotatable bonds is 8. The zero-order valence-electron chi connectivity index (χ0n) is 18.9. The fourth-order valence-corrected chi connectivity index (χ4v) is 5.58. The molecule has 170 valence electrons. The van der Waals surface area contributed by atoms with Crippen molar-refractivity contribution in [2.75, 3.05) is 6.54 Å². The van der Waals surface area contributed by atoms with Crippen LogP contribution in [0.2, 0.25) is 0 Å². The number of sulfone groups is 1. The number of fused-ring (bicyclic) bond motifs is 1. The van der Waals surface area contributed by atoms with Crippen molar-refractivity contribution in [1.29, 1.82) is 0 Å². The Bertz CT molecular complexity index is 1360. The summed E-state index contributed by atoms with van der Waals surface area (Å²) >= 11 is 0. The largest absolute Gasteiger partial charge is 0.337 e. The fourth-order valence-electron chi connectivity index (χ4n) is 4.00. The van der Waals surface area contributed by atoms with E-state index >= 15 is 0 Å². The molecule has 0 spiro atoms. The number of nitrogens with zero attached hydrogens (tertiary/aromatic N) is 2. The molecule has 6 heteroatoms. The standard InChI is InChI=1S/C27H28N2O3S/c1-3-28(17-22-9-5-4-6-10-22)27(30)19-29-18-26(24-11-7-8-12-25(24)29)33(31,32)20-23-15-13-21(2)14-16-23/h4-16,18H,3,17,19-20H2,1-2H3. The van der Waals surface area contributed by atoms with E-state index in [9.17, 15) is 13.2 Å². The molecule has 1 amide bonds. The summed E-state index contributed by atoms with van der Waals surface area (Å²) in [7, 11) is -3.59. The van der Waals surface area contributed by atoms with Gasteiger partial charge < -0.3 is 9.47 Å². The van der Waals surface area contributed by atoms with Gasteiger partial charge in [-0.15, -0.1) is 0 Å². The van der Waals surface area contributed by atoms with E-state index in [-0.39, 0.29) is 23.1 Å². The molecule has 1 heterocycles. The Labute approximate surface area is 195 Å². The van der Waals surface area contributed by atoms with Crippen LogP contribution in [0.1, 0.15) is 23.6 Å². The molecule has 5 nitrogen and oxygen atoms in total. The second kappa shape index (κ2) is 9.63. The van der Waals surface area contributed by atoms with Crippen LogP contribution in [-0.2, 0) is 33.5 Å². The molecular formula is C27H28N2O3S. The number of carbonyl (C=O) groups excluding carboxylic acids is 1. The van der Waals surface area contributed by atoms with Gasteiger partial charge in [-0.25, -0.2) is 8.42 Å². The highest BCUT2D eigenvalue weighted by Gasteiger charge is 2.23. The quantitative estimate of drug-likeness (QED) is 0.373. The number of para-hydroxylation sites is 1. The van der Waals surface area contributed by atoms with Gasteiger partial charge >= 0.3 is 0 Å². The van der Waals surface area contributed by atoms with Gasteiger partial charge in [-0.3, -0.25) is 4.79 Å². The van der Waals surface area contributed by atoms with E-state index < -0.39 is 9.84 Å². The summed E-state index contributed by atoms with van der Waals surface area (Å²) in [6.45, 7) is 5.10. The molecule has 0 aliphatic carbocycles. The molecule has 4 aromatic rings. The maximum atomic E-state index is 13.3. The summed E-state index contributed by atoms with van der Waals surface area (Å²) in [4.78, 5) is 15.2. The molecule has 33 heavy (non-hydrogen) atoms. The second-order valence-corrected chi connectivity index (χ2v) is 10.2. The SMILES string of the molecule is CCN(Cc1ccccc1)C(=O)Cn1cc(S(=O)(=O)Cc2ccc(C)cc2)c2ccccc21. The van der Waals surface area contributed by atoms with Crippen LogP contribution in [0.3, 0.4) is 0 Å². The molecule has 0 unspecified atom stereocenters. The molecule has 0 N–H and O–H groups in total. The van der Waals surface area contributed by atoms with E-state index in [2.05, 4.69) is 0 Å². The number of aromatic nitrogens is 1. The van der Waals surface area contributed by atoms with Gasteiger partial charge in [0.2, 0.25) is 5.91 Å². The Hall–Kier alpha value is -3.38. The lowest BCUT2D eigenvalue weighted by Gasteiger charge is -2.21. The highest BCUT2D eigenvalue weighted by molar-refractivity contribution is 7.90. The molecule has 0 saturated heterocycles. The summed E-state index contributed by atoms with van der Waals surface area (Å²) < 4.78 is 28.4. The molecule has 0 bridgehead atoms. The van der Waals surface area contributed by atoms with Crippen molar-refractivity contribution in [3.63, 3.8) is 0 Å². The topological polar surface area (TPSA) is 59.4 Å². The fraction of sp³-hybridized carbons (Fsp3) is 0.222. The molecule has 3 aromatic carbocycles. The normalized spacial score (nSPS) is 11.6. The van der Waals surface area contributed by atoms with Crippen molar-refractivity contribution in [2.24, 2.45) is 0 Å². The van der Waals surface area contributed by atoms with Crippen molar-refractivity contribution in [3.8, 4) is 0 Å². The van der Waals surface area contributed by atoms with Crippen LogP contribution in [0.5, 0.6) is 0 Å². The summed E-state index contributed by atoms with van der Waals surface area (Å²) in [5.41, 5.74) is 3.63. The van der Waals surface area contributed by atoms with Gasteiger partial charge in [0.15, 0.2) is 9.84 Å². The zero-order chi connectivity index (χ0) is 23.4. The monoisotopic (exact) mass is 460 g/mol. The Kier molecular flexibility index (Phi) is 6.65. The van der Waals surface area contributed by atoms with E-state index in [0.29, 0.717) is 18.5 Å². The number of carbonyl (C=O) groups is 1. The van der Waals surface area contributed by atoms with E-state index in [4.69, 9.17) is 0 Å². The molecule has 0 saturated carbocycles. The van der Waals surface area contributed by atoms with Crippen molar-refractivity contribution in [1.82, 2.24) is 9.47 Å². The van der Waals surface area contributed by atoms with Crippen molar-refractivity contribution in [3.05, 3.63) is 102 Å². The minimum Gasteiger partial charge on any atom is -0.337 e. The third-order valence-electron chi connectivity index (χ3n) is 5.82.